The summed E-state index contributed by atoms with van der Waals surface area (Å²) in [6.45, 7) is 4.41. The molecule has 3 aromatic carbocycles. The van der Waals surface area contributed by atoms with Gasteiger partial charge in [0.05, 0.1) is 36.0 Å². The molecule has 3 rings (SSSR count). The number of carbonyl (C=O) groups excluding carboxylic acids is 1. The summed E-state index contributed by atoms with van der Waals surface area (Å²) < 4.78 is 85.6. The van der Waals surface area contributed by atoms with Gasteiger partial charge in [-0.05, 0) is 55.7 Å². The summed E-state index contributed by atoms with van der Waals surface area (Å²) in [6, 6.07) is 18.8. The molecule has 0 aromatic heterocycles. The van der Waals surface area contributed by atoms with Crippen LogP contribution in [0.4, 0.5) is 26.3 Å². The summed E-state index contributed by atoms with van der Waals surface area (Å²) in [6.07, 6.45) is -9.46. The van der Waals surface area contributed by atoms with Crippen LogP contribution in [0, 0.1) is 0 Å². The van der Waals surface area contributed by atoms with E-state index < -0.39 is 47.6 Å². The lowest BCUT2D eigenvalue weighted by atomic mass is 9.85. The van der Waals surface area contributed by atoms with Crippen molar-refractivity contribution in [1.82, 2.24) is 5.06 Å². The van der Waals surface area contributed by atoms with Gasteiger partial charge in [0.2, 0.25) is 6.41 Å². The molecule has 0 N–H and O–H groups in total. The Kier molecular flexibility index (Phi) is 9.45. The molecular weight excluding hydrogens is 524 g/mol. The number of hydrogen-bond acceptors (Lipinski definition) is 3. The molecule has 4 nitrogen and oxygen atoms in total. The summed E-state index contributed by atoms with van der Waals surface area (Å²) in [4.78, 5) is 18.1. The highest BCUT2D eigenvalue weighted by atomic mass is 19.4. The zero-order chi connectivity index (χ0) is 28.8. The van der Waals surface area contributed by atoms with Gasteiger partial charge in [-0.25, -0.2) is 5.06 Å². The molecule has 0 bridgehead atoms. The van der Waals surface area contributed by atoms with Crippen LogP contribution >= 0.6 is 0 Å². The topological polar surface area (TPSA) is 38.8 Å². The normalized spacial score (nSPS) is 13.4. The molecule has 0 heterocycles. The second-order valence-electron chi connectivity index (χ2n) is 9.96. The van der Waals surface area contributed by atoms with E-state index in [2.05, 4.69) is 0 Å². The van der Waals surface area contributed by atoms with Gasteiger partial charge in [0.25, 0.3) is 0 Å². The summed E-state index contributed by atoms with van der Waals surface area (Å²) in [5.41, 5.74) is -2.34. The van der Waals surface area contributed by atoms with Crippen LogP contribution in [0.5, 0.6) is 0 Å². The Morgan fingerprint density at radius 1 is 0.769 bits per heavy atom. The number of alkyl halides is 6. The third kappa shape index (κ3) is 8.56. The SMILES string of the molecule is CC(C)(C)ON(C=O)C(COCc1cc(C(F)(F)F)cc(C(F)(F)F)c1)C(c1ccccc1)c1ccccc1. The minimum atomic E-state index is -4.97. The predicted octanol–water partition coefficient (Wildman–Crippen LogP) is 7.63. The van der Waals surface area contributed by atoms with Gasteiger partial charge in [-0.3, -0.25) is 9.63 Å². The van der Waals surface area contributed by atoms with E-state index in [-0.39, 0.29) is 18.2 Å². The van der Waals surface area contributed by atoms with Crippen LogP contribution in [0.1, 0.15) is 54.5 Å². The number of benzene rings is 3. The Morgan fingerprint density at radius 3 is 1.62 bits per heavy atom. The Balaban J connectivity index is 1.99. The molecule has 0 aliphatic heterocycles. The maximum Gasteiger partial charge on any atom is 0.416 e. The fraction of sp³-hybridized carbons (Fsp3) is 0.345. The second-order valence-corrected chi connectivity index (χ2v) is 9.96. The van der Waals surface area contributed by atoms with Gasteiger partial charge in [0.15, 0.2) is 0 Å². The number of rotatable bonds is 10. The predicted molar refractivity (Wildman–Crippen MR) is 133 cm³/mol. The van der Waals surface area contributed by atoms with Crippen LogP contribution in [-0.4, -0.2) is 29.7 Å². The lowest BCUT2D eigenvalue weighted by molar-refractivity contribution is -0.239. The standard InChI is InChI=1S/C29H29F6NO3/c1-27(2,3)39-36(19-37)25(26(21-10-6-4-7-11-21)22-12-8-5-9-13-22)18-38-17-20-14-23(28(30,31)32)16-24(15-20)29(33,34)35/h4-16,19,25-26H,17-18H2,1-3H3. The molecule has 39 heavy (non-hydrogen) atoms. The van der Waals surface area contributed by atoms with Gasteiger partial charge < -0.3 is 4.74 Å². The van der Waals surface area contributed by atoms with Crippen LogP contribution in [-0.2, 0) is 33.3 Å². The summed E-state index contributed by atoms with van der Waals surface area (Å²) in [5, 5.41) is 1.10. The van der Waals surface area contributed by atoms with E-state index in [0.29, 0.717) is 18.5 Å². The van der Waals surface area contributed by atoms with Crippen LogP contribution in [0.3, 0.4) is 0 Å². The van der Waals surface area contributed by atoms with Crippen molar-refractivity contribution in [1.29, 1.82) is 0 Å². The number of hydrogen-bond donors (Lipinski definition) is 0. The van der Waals surface area contributed by atoms with Crippen molar-refractivity contribution in [3.63, 3.8) is 0 Å². The molecule has 3 aromatic rings. The molecule has 210 valence electrons. The van der Waals surface area contributed by atoms with Gasteiger partial charge >= 0.3 is 12.4 Å². The van der Waals surface area contributed by atoms with Gasteiger partial charge in [0.1, 0.15) is 0 Å². The smallest absolute Gasteiger partial charge is 0.374 e. The van der Waals surface area contributed by atoms with Gasteiger partial charge in [0, 0.05) is 5.92 Å². The van der Waals surface area contributed by atoms with Gasteiger partial charge in [-0.2, -0.15) is 26.3 Å². The van der Waals surface area contributed by atoms with Gasteiger partial charge in [-0.1, -0.05) is 60.7 Å². The first-order valence-electron chi connectivity index (χ1n) is 12.1. The lowest BCUT2D eigenvalue weighted by Gasteiger charge is -2.37. The average molecular weight is 554 g/mol. The molecule has 0 saturated heterocycles. The average Bonchev–Trinajstić information content (AvgIpc) is 2.86. The minimum absolute atomic E-state index is 0.0679. The molecule has 1 unspecified atom stereocenters. The number of amides is 1. The third-order valence-corrected chi connectivity index (χ3v) is 5.72. The molecule has 0 fully saturated rings. The summed E-state index contributed by atoms with van der Waals surface area (Å²) >= 11 is 0. The first-order chi connectivity index (χ1) is 18.2. The van der Waals surface area contributed by atoms with Crippen molar-refractivity contribution in [2.75, 3.05) is 6.61 Å². The molecule has 0 spiro atoms. The van der Waals surface area contributed by atoms with E-state index in [4.69, 9.17) is 9.57 Å². The molecule has 0 aliphatic carbocycles. The van der Waals surface area contributed by atoms with Crippen LogP contribution < -0.4 is 0 Å². The third-order valence-electron chi connectivity index (χ3n) is 5.72. The van der Waals surface area contributed by atoms with Gasteiger partial charge in [-0.15, -0.1) is 0 Å². The van der Waals surface area contributed by atoms with E-state index in [1.54, 1.807) is 20.8 Å². The maximum absolute atomic E-state index is 13.3. The number of hydroxylamine groups is 2. The molecule has 1 amide bonds. The van der Waals surface area contributed by atoms with Crippen LogP contribution in [0.25, 0.3) is 0 Å². The van der Waals surface area contributed by atoms with E-state index in [0.717, 1.165) is 16.2 Å². The van der Waals surface area contributed by atoms with Crippen LogP contribution in [0.2, 0.25) is 0 Å². The first-order valence-corrected chi connectivity index (χ1v) is 12.1. The number of halogens is 6. The van der Waals surface area contributed by atoms with E-state index in [9.17, 15) is 31.1 Å². The summed E-state index contributed by atoms with van der Waals surface area (Å²) in [5.74, 6) is -0.493. The molecule has 0 radical (unpaired) electrons. The summed E-state index contributed by atoms with van der Waals surface area (Å²) in [7, 11) is 0. The Morgan fingerprint density at radius 2 is 1.23 bits per heavy atom. The Bertz CT molecular complexity index is 1140. The molecule has 0 aliphatic rings. The van der Waals surface area contributed by atoms with Crippen molar-refractivity contribution in [2.45, 2.75) is 57.3 Å². The lowest BCUT2D eigenvalue weighted by Crippen LogP contribution is -2.46. The maximum atomic E-state index is 13.3. The minimum Gasteiger partial charge on any atom is -0.374 e. The Hall–Kier alpha value is -3.37. The highest BCUT2D eigenvalue weighted by molar-refractivity contribution is 5.48. The van der Waals surface area contributed by atoms with Crippen molar-refractivity contribution < 1.29 is 40.7 Å². The number of ether oxygens (including phenoxy) is 1. The molecule has 10 heteroatoms. The molecule has 0 saturated carbocycles. The van der Waals surface area contributed by atoms with Crippen molar-refractivity contribution >= 4 is 6.41 Å². The van der Waals surface area contributed by atoms with Crippen molar-refractivity contribution in [3.8, 4) is 0 Å². The monoisotopic (exact) mass is 553 g/mol. The van der Waals surface area contributed by atoms with E-state index in [1.807, 2.05) is 60.7 Å². The highest BCUT2D eigenvalue weighted by Gasteiger charge is 2.37. The Labute approximate surface area is 223 Å². The zero-order valence-corrected chi connectivity index (χ0v) is 21.6. The number of nitrogens with zero attached hydrogens (tertiary/aromatic N) is 1. The van der Waals surface area contributed by atoms with E-state index in [1.165, 1.54) is 0 Å². The van der Waals surface area contributed by atoms with Crippen LogP contribution in [0.15, 0.2) is 78.9 Å². The number of carbonyl (C=O) groups is 1. The van der Waals surface area contributed by atoms with Crippen molar-refractivity contribution in [3.05, 3.63) is 107 Å². The van der Waals surface area contributed by atoms with E-state index >= 15 is 0 Å². The molecule has 1 atom stereocenters. The first kappa shape index (κ1) is 30.2. The quantitative estimate of drug-likeness (QED) is 0.147. The fourth-order valence-electron chi connectivity index (χ4n) is 4.16. The zero-order valence-electron chi connectivity index (χ0n) is 21.6. The van der Waals surface area contributed by atoms with Crippen molar-refractivity contribution in [2.24, 2.45) is 0 Å². The largest absolute Gasteiger partial charge is 0.416 e. The fourth-order valence-corrected chi connectivity index (χ4v) is 4.16. The molecular formula is C29H29F6NO3. The highest BCUT2D eigenvalue weighted by Crippen LogP contribution is 2.37. The second kappa shape index (κ2) is 12.2.